The maximum atomic E-state index is 9.96. The number of hydrogen-bond acceptors (Lipinski definition) is 2. The highest BCUT2D eigenvalue weighted by Gasteiger charge is 1.95. The molecule has 0 spiro atoms. The van der Waals surface area contributed by atoms with Crippen LogP contribution in [-0.2, 0) is 0 Å². The molecule has 0 atom stereocenters. The van der Waals surface area contributed by atoms with Gasteiger partial charge in [-0.05, 0) is 17.5 Å². The van der Waals surface area contributed by atoms with Crippen molar-refractivity contribution in [3.63, 3.8) is 0 Å². The van der Waals surface area contributed by atoms with E-state index in [1.54, 1.807) is 12.1 Å². The van der Waals surface area contributed by atoms with Crippen molar-refractivity contribution in [1.29, 1.82) is 0 Å². The van der Waals surface area contributed by atoms with Gasteiger partial charge in [-0.1, -0.05) is 0 Å². The normalized spacial score (nSPS) is 8.89. The molecule has 4 heteroatoms. The van der Waals surface area contributed by atoms with Gasteiger partial charge in [0, 0.05) is 0 Å². The summed E-state index contributed by atoms with van der Waals surface area (Å²) >= 11 is 1.36. The van der Waals surface area contributed by atoms with E-state index < -0.39 is 6.09 Å². The first-order valence-corrected chi connectivity index (χ1v) is 3.20. The molecular weight excluding hydrogens is 138 g/mol. The van der Waals surface area contributed by atoms with E-state index in [4.69, 9.17) is 5.11 Å². The largest absolute Gasteiger partial charge is 0.465 e. The van der Waals surface area contributed by atoms with Crippen molar-refractivity contribution in [3.05, 3.63) is 17.5 Å². The van der Waals surface area contributed by atoms with Gasteiger partial charge in [-0.3, -0.25) is 5.32 Å². The number of thiophene rings is 1. The van der Waals surface area contributed by atoms with Crippen LogP contribution in [0.3, 0.4) is 0 Å². The van der Waals surface area contributed by atoms with Gasteiger partial charge in [0.1, 0.15) is 0 Å². The fourth-order valence-corrected chi connectivity index (χ4v) is 1.06. The number of carboxylic acid groups (broad SMARTS) is 1. The van der Waals surface area contributed by atoms with E-state index >= 15 is 0 Å². The number of hydrogen-bond donors (Lipinski definition) is 2. The fourth-order valence-electron chi connectivity index (χ4n) is 0.455. The molecule has 0 unspecified atom stereocenters. The monoisotopic (exact) mass is 143 g/mol. The first-order chi connectivity index (χ1) is 4.29. The van der Waals surface area contributed by atoms with Crippen LogP contribution < -0.4 is 5.32 Å². The van der Waals surface area contributed by atoms with Gasteiger partial charge in [-0.2, -0.15) is 0 Å². The van der Waals surface area contributed by atoms with E-state index in [1.165, 1.54) is 11.3 Å². The molecule has 48 valence electrons. The lowest BCUT2D eigenvalue weighted by Crippen LogP contribution is -2.04. The molecule has 0 aliphatic carbocycles. The molecule has 2 N–H and O–H groups in total. The van der Waals surface area contributed by atoms with Gasteiger partial charge in [0.15, 0.2) is 0 Å². The van der Waals surface area contributed by atoms with Crippen molar-refractivity contribution in [2.45, 2.75) is 0 Å². The average molecular weight is 143 g/mol. The second-order valence-corrected chi connectivity index (χ2v) is 2.36. The fraction of sp³-hybridized carbons (Fsp3) is 0. The first kappa shape index (κ1) is 6.10. The molecule has 0 aliphatic rings. The highest BCUT2D eigenvalue weighted by molar-refractivity contribution is 7.14. The van der Waals surface area contributed by atoms with Crippen LogP contribution in [0, 0.1) is 0 Å². The van der Waals surface area contributed by atoms with Crippen LogP contribution in [0.25, 0.3) is 0 Å². The molecule has 1 heterocycles. The quantitative estimate of drug-likeness (QED) is 0.630. The van der Waals surface area contributed by atoms with Gasteiger partial charge >= 0.3 is 6.09 Å². The predicted octanol–water partition coefficient (Wildman–Crippen LogP) is 1.84. The summed E-state index contributed by atoms with van der Waals surface area (Å²) in [4.78, 5) is 9.96. The molecule has 1 rings (SSSR count). The zero-order valence-corrected chi connectivity index (χ0v) is 5.31. The zero-order valence-electron chi connectivity index (χ0n) is 4.50. The Morgan fingerprint density at radius 2 is 2.56 bits per heavy atom. The summed E-state index contributed by atoms with van der Waals surface area (Å²) < 4.78 is 0. The van der Waals surface area contributed by atoms with Crippen molar-refractivity contribution in [3.8, 4) is 0 Å². The maximum absolute atomic E-state index is 9.96. The van der Waals surface area contributed by atoms with Gasteiger partial charge in [0.2, 0.25) is 0 Å². The molecule has 0 aliphatic heterocycles. The smallest absolute Gasteiger partial charge is 0.409 e. The van der Waals surface area contributed by atoms with Crippen LogP contribution >= 0.6 is 11.3 Å². The van der Waals surface area contributed by atoms with Crippen molar-refractivity contribution in [2.24, 2.45) is 0 Å². The Morgan fingerprint density at radius 1 is 1.78 bits per heavy atom. The third-order valence-electron chi connectivity index (χ3n) is 0.751. The summed E-state index contributed by atoms with van der Waals surface area (Å²) in [5.41, 5.74) is 0. The Hall–Kier alpha value is -1.03. The number of amides is 1. The molecule has 0 radical (unpaired) electrons. The molecule has 9 heavy (non-hydrogen) atoms. The SMILES string of the molecule is O=C(O)Nc1cccs1. The molecule has 0 aromatic carbocycles. The second-order valence-electron chi connectivity index (χ2n) is 1.41. The highest BCUT2D eigenvalue weighted by atomic mass is 32.1. The maximum Gasteiger partial charge on any atom is 0.409 e. The Morgan fingerprint density at radius 3 is 3.00 bits per heavy atom. The summed E-state index contributed by atoms with van der Waals surface area (Å²) in [6, 6.07) is 3.49. The van der Waals surface area contributed by atoms with Gasteiger partial charge in [0.05, 0.1) is 5.00 Å². The van der Waals surface area contributed by atoms with Crippen LogP contribution in [0.1, 0.15) is 0 Å². The summed E-state index contributed by atoms with van der Waals surface area (Å²) in [7, 11) is 0. The van der Waals surface area contributed by atoms with E-state index in [2.05, 4.69) is 5.32 Å². The van der Waals surface area contributed by atoms with Crippen LogP contribution in [0.2, 0.25) is 0 Å². The number of rotatable bonds is 1. The molecule has 1 aromatic heterocycles. The predicted molar refractivity (Wildman–Crippen MR) is 36.0 cm³/mol. The van der Waals surface area contributed by atoms with Crippen molar-refractivity contribution in [2.75, 3.05) is 5.32 Å². The number of nitrogens with one attached hydrogen (secondary N) is 1. The summed E-state index contributed by atoms with van der Waals surface area (Å²) in [6.45, 7) is 0. The van der Waals surface area contributed by atoms with E-state index in [9.17, 15) is 4.79 Å². The minimum Gasteiger partial charge on any atom is -0.465 e. The van der Waals surface area contributed by atoms with E-state index in [-0.39, 0.29) is 0 Å². The molecule has 1 amide bonds. The second kappa shape index (κ2) is 2.50. The van der Waals surface area contributed by atoms with Crippen molar-refractivity contribution >= 4 is 22.4 Å². The Kier molecular flexibility index (Phi) is 1.69. The Labute approximate surface area is 55.9 Å². The lowest BCUT2D eigenvalue weighted by molar-refractivity contribution is 0.210. The molecule has 0 bridgehead atoms. The third kappa shape index (κ3) is 1.73. The molecule has 3 nitrogen and oxygen atoms in total. The van der Waals surface area contributed by atoms with Crippen LogP contribution in [0.4, 0.5) is 9.80 Å². The Balaban J connectivity index is 2.58. The molecular formula is C5H5NO2S. The highest BCUT2D eigenvalue weighted by Crippen LogP contribution is 2.13. The van der Waals surface area contributed by atoms with Crippen LogP contribution in [0.15, 0.2) is 17.5 Å². The van der Waals surface area contributed by atoms with Gasteiger partial charge in [-0.15, -0.1) is 11.3 Å². The van der Waals surface area contributed by atoms with Gasteiger partial charge < -0.3 is 5.11 Å². The van der Waals surface area contributed by atoms with Gasteiger partial charge in [0.25, 0.3) is 0 Å². The van der Waals surface area contributed by atoms with Crippen LogP contribution in [-0.4, -0.2) is 11.2 Å². The van der Waals surface area contributed by atoms with Crippen molar-refractivity contribution in [1.82, 2.24) is 0 Å². The van der Waals surface area contributed by atoms with E-state index in [0.29, 0.717) is 5.00 Å². The third-order valence-corrected chi connectivity index (χ3v) is 1.54. The average Bonchev–Trinajstić information content (AvgIpc) is 2.15. The van der Waals surface area contributed by atoms with Crippen molar-refractivity contribution < 1.29 is 9.90 Å². The summed E-state index contributed by atoms with van der Waals surface area (Å²) in [6.07, 6.45) is -1.02. The summed E-state index contributed by atoms with van der Waals surface area (Å²) in [5.74, 6) is 0. The lowest BCUT2D eigenvalue weighted by Gasteiger charge is -1.90. The van der Waals surface area contributed by atoms with Crippen LogP contribution in [0.5, 0.6) is 0 Å². The lowest BCUT2D eigenvalue weighted by atomic mass is 10.6. The molecule has 1 aromatic rings. The number of anilines is 1. The Bertz CT molecular complexity index is 195. The number of carbonyl (C=O) groups is 1. The van der Waals surface area contributed by atoms with E-state index in [0.717, 1.165) is 0 Å². The molecule has 0 saturated carbocycles. The zero-order chi connectivity index (χ0) is 6.69. The minimum atomic E-state index is -1.02. The first-order valence-electron chi connectivity index (χ1n) is 2.32. The molecule has 0 fully saturated rings. The molecule has 0 saturated heterocycles. The standard InChI is InChI=1S/C5H5NO2S/c7-5(8)6-4-2-1-3-9-4/h1-3,6H,(H,7,8). The summed E-state index contributed by atoms with van der Waals surface area (Å²) in [5, 5.41) is 12.9. The van der Waals surface area contributed by atoms with Gasteiger partial charge in [-0.25, -0.2) is 4.79 Å². The topological polar surface area (TPSA) is 49.3 Å². The minimum absolute atomic E-state index is 0.655. The van der Waals surface area contributed by atoms with E-state index in [1.807, 2.05) is 5.38 Å².